The molecular formula is C12H29Al. The third kappa shape index (κ3) is 12.5. The lowest BCUT2D eigenvalue weighted by molar-refractivity contribution is 0.568. The van der Waals surface area contributed by atoms with Gasteiger partial charge in [-0.2, -0.15) is 0 Å². The van der Waals surface area contributed by atoms with Gasteiger partial charge in [-0.15, -0.1) is 0 Å². The second-order valence-electron chi connectivity index (χ2n) is 5.13. The van der Waals surface area contributed by atoms with Crippen LogP contribution < -0.4 is 0 Å². The number of hydrogen-bond donors (Lipinski definition) is 0. The lowest BCUT2D eigenvalue weighted by Gasteiger charge is -2.04. The van der Waals surface area contributed by atoms with Crippen LogP contribution in [0.25, 0.3) is 0 Å². The summed E-state index contributed by atoms with van der Waals surface area (Å²) in [5.41, 5.74) is 0. The molecule has 0 saturated heterocycles. The fourth-order valence-corrected chi connectivity index (χ4v) is 3.27. The van der Waals surface area contributed by atoms with Crippen LogP contribution in [0.3, 0.4) is 0 Å². The molecule has 0 fully saturated rings. The van der Waals surface area contributed by atoms with Crippen molar-refractivity contribution >= 4 is 15.2 Å². The van der Waals surface area contributed by atoms with Gasteiger partial charge in [0.15, 0.2) is 0 Å². The summed E-state index contributed by atoms with van der Waals surface area (Å²) < 4.78 is 0. The lowest BCUT2D eigenvalue weighted by atomic mass is 10.1. The Morgan fingerprint density at radius 2 is 1.31 bits per heavy atom. The van der Waals surface area contributed by atoms with Gasteiger partial charge in [-0.05, 0) is 11.8 Å². The summed E-state index contributed by atoms with van der Waals surface area (Å²) in [6.45, 7) is 9.33. The van der Waals surface area contributed by atoms with E-state index in [1.165, 1.54) is 25.7 Å². The van der Waals surface area contributed by atoms with E-state index < -0.39 is 0 Å². The molecule has 0 nitrogen and oxygen atoms in total. The molecule has 0 aromatic rings. The van der Waals surface area contributed by atoms with Gasteiger partial charge in [0, 0.05) is 0 Å². The highest BCUT2D eigenvalue weighted by Gasteiger charge is 1.98. The standard InChI is InChI=1S/2C6H13.Al.2H/c2*1-4-5-6(2)3;;;/h2*6H,1,4-5H2,2-3H3;;;/q;;;;-1/p+1. The van der Waals surface area contributed by atoms with Crippen LogP contribution in [0, 0.1) is 11.8 Å². The van der Waals surface area contributed by atoms with E-state index in [0.717, 1.165) is 11.8 Å². The van der Waals surface area contributed by atoms with Gasteiger partial charge in [-0.25, -0.2) is 0 Å². The third-order valence-electron chi connectivity index (χ3n) is 2.56. The number of hydrogen-bond acceptors (Lipinski definition) is 0. The van der Waals surface area contributed by atoms with Crippen LogP contribution in [0.4, 0.5) is 0 Å². The minimum absolute atomic E-state index is 0. The van der Waals surface area contributed by atoms with Crippen LogP contribution in [-0.2, 0) is 0 Å². The summed E-state index contributed by atoms with van der Waals surface area (Å²) in [5, 5.41) is 3.19. The summed E-state index contributed by atoms with van der Waals surface area (Å²) in [6.07, 6.45) is 5.92. The molecule has 80 valence electrons. The molecule has 0 saturated carbocycles. The predicted molar refractivity (Wildman–Crippen MR) is 67.1 cm³/mol. The zero-order valence-corrected chi connectivity index (χ0v) is 11.5. The summed E-state index contributed by atoms with van der Waals surface area (Å²) in [6, 6.07) is 0. The molecule has 0 rings (SSSR count). The van der Waals surface area contributed by atoms with Gasteiger partial charge >= 0.3 is 1.43 Å². The van der Waals surface area contributed by atoms with Crippen molar-refractivity contribution in [3.63, 3.8) is 0 Å². The molecule has 0 aromatic heterocycles. The maximum absolute atomic E-state index is 2.33. The number of rotatable bonds is 8. The van der Waals surface area contributed by atoms with Crippen LogP contribution in [0.2, 0.25) is 10.6 Å². The molecule has 0 N–H and O–H groups in total. The first-order valence-corrected chi connectivity index (χ1v) is 8.13. The Morgan fingerprint density at radius 3 is 1.62 bits per heavy atom. The van der Waals surface area contributed by atoms with Gasteiger partial charge in [0.05, 0.1) is 0 Å². The van der Waals surface area contributed by atoms with Gasteiger partial charge in [0.1, 0.15) is 0 Å². The van der Waals surface area contributed by atoms with Crippen molar-refractivity contribution in [3.8, 4) is 0 Å². The van der Waals surface area contributed by atoms with E-state index in [-0.39, 0.29) is 2.85 Å². The molecule has 0 aliphatic heterocycles. The molecule has 0 radical (unpaired) electrons. The molecule has 0 unspecified atom stereocenters. The maximum atomic E-state index is 2.33. The molecule has 0 atom stereocenters. The van der Waals surface area contributed by atoms with Crippen molar-refractivity contribution in [1.29, 1.82) is 0 Å². The smallest absolute Gasteiger partial charge is 1.00 e. The Labute approximate surface area is 94.2 Å². The van der Waals surface area contributed by atoms with Crippen molar-refractivity contribution in [1.82, 2.24) is 0 Å². The topological polar surface area (TPSA) is 0 Å². The highest BCUT2D eigenvalue weighted by Crippen LogP contribution is 2.10. The molecule has 1 heteroatoms. The Morgan fingerprint density at radius 1 is 0.923 bits per heavy atom. The fraction of sp³-hybridized carbons (Fsp3) is 1.00. The minimum Gasteiger partial charge on any atom is -1.00 e. The average molecular weight is 200 g/mol. The normalized spacial score (nSPS) is 11.2. The van der Waals surface area contributed by atoms with Crippen molar-refractivity contribution in [2.75, 3.05) is 0 Å². The van der Waals surface area contributed by atoms with E-state index >= 15 is 0 Å². The van der Waals surface area contributed by atoms with Gasteiger partial charge < -0.3 is 1.43 Å². The van der Waals surface area contributed by atoms with Crippen molar-refractivity contribution < 1.29 is 2.85 Å². The Bertz CT molecular complexity index is 93.8. The van der Waals surface area contributed by atoms with E-state index in [0.29, 0.717) is 15.2 Å². The SMILES string of the molecule is CC(C)CC[CH2][AlH][CH2]CCC(C)C.[H+].[H-]. The Kier molecular flexibility index (Phi) is 9.47. The summed E-state index contributed by atoms with van der Waals surface area (Å²) in [7, 11) is 0. The zero-order chi connectivity index (χ0) is 10.1. The molecule has 0 bridgehead atoms. The van der Waals surface area contributed by atoms with Crippen LogP contribution >= 0.6 is 0 Å². The molecule has 0 amide bonds. The predicted octanol–water partition coefficient (Wildman–Crippen LogP) is 4.36. The molecule has 0 heterocycles. The Balaban J connectivity index is -0.000000720. The van der Waals surface area contributed by atoms with E-state index in [2.05, 4.69) is 27.7 Å². The van der Waals surface area contributed by atoms with Crippen molar-refractivity contribution in [3.05, 3.63) is 0 Å². The van der Waals surface area contributed by atoms with Crippen LogP contribution in [0.5, 0.6) is 0 Å². The minimum atomic E-state index is 0. The molecule has 0 spiro atoms. The van der Waals surface area contributed by atoms with Gasteiger partial charge in [-0.3, -0.25) is 0 Å². The molecule has 0 aliphatic rings. The fourth-order valence-electron chi connectivity index (χ4n) is 1.64. The molecule has 0 aromatic carbocycles. The average Bonchev–Trinajstić information content (AvgIpc) is 2.01. The highest BCUT2D eigenvalue weighted by molar-refractivity contribution is 6.35. The van der Waals surface area contributed by atoms with Gasteiger partial charge in [-0.1, -0.05) is 63.9 Å². The van der Waals surface area contributed by atoms with Gasteiger partial charge in [0.2, 0.25) is 15.2 Å². The summed E-state index contributed by atoms with van der Waals surface area (Å²) in [4.78, 5) is 0. The highest BCUT2D eigenvalue weighted by atomic mass is 27.1. The summed E-state index contributed by atoms with van der Waals surface area (Å²) in [5.74, 6) is 1.84. The molecule has 13 heavy (non-hydrogen) atoms. The summed E-state index contributed by atoms with van der Waals surface area (Å²) >= 11 is 0.325. The maximum Gasteiger partial charge on any atom is 1.00 e. The first-order valence-electron chi connectivity index (χ1n) is 6.13. The second-order valence-corrected chi connectivity index (χ2v) is 7.25. The first kappa shape index (κ1) is 13.5. The zero-order valence-electron chi connectivity index (χ0n) is 12.1. The van der Waals surface area contributed by atoms with Crippen molar-refractivity contribution in [2.24, 2.45) is 11.8 Å². The third-order valence-corrected chi connectivity index (χ3v) is 4.56. The monoisotopic (exact) mass is 200 g/mol. The van der Waals surface area contributed by atoms with Gasteiger partial charge in [0.25, 0.3) is 0 Å². The second kappa shape index (κ2) is 9.10. The lowest BCUT2D eigenvalue weighted by Crippen LogP contribution is -1.94. The van der Waals surface area contributed by atoms with E-state index in [4.69, 9.17) is 0 Å². The molecular weight excluding hydrogens is 171 g/mol. The quantitative estimate of drug-likeness (QED) is 0.403. The van der Waals surface area contributed by atoms with Crippen molar-refractivity contribution in [2.45, 2.75) is 63.9 Å². The van der Waals surface area contributed by atoms with E-state index in [1.54, 1.807) is 10.6 Å². The van der Waals surface area contributed by atoms with Crippen LogP contribution in [0.1, 0.15) is 56.2 Å². The first-order chi connectivity index (χ1) is 6.13. The van der Waals surface area contributed by atoms with E-state index in [9.17, 15) is 0 Å². The van der Waals surface area contributed by atoms with Crippen LogP contribution in [0.15, 0.2) is 0 Å². The largest absolute Gasteiger partial charge is 1.00 e. The Hall–Kier alpha value is 0.532. The van der Waals surface area contributed by atoms with E-state index in [1.807, 2.05) is 0 Å². The van der Waals surface area contributed by atoms with Crippen LogP contribution in [-0.4, -0.2) is 15.2 Å². The molecule has 0 aliphatic carbocycles.